The van der Waals surface area contributed by atoms with Crippen molar-refractivity contribution < 1.29 is 9.66 Å². The number of nitro benzene ring substituents is 1. The Bertz CT molecular complexity index is 1260. The number of hydrogen-bond donors (Lipinski definition) is 0. The maximum absolute atomic E-state index is 11.9. The molecule has 3 aliphatic rings. The first-order valence-corrected chi connectivity index (χ1v) is 13.0. The van der Waals surface area contributed by atoms with Crippen LogP contribution in [-0.2, 0) is 10.2 Å². The van der Waals surface area contributed by atoms with E-state index in [1.54, 1.807) is 18.2 Å². The van der Waals surface area contributed by atoms with Gasteiger partial charge >= 0.3 is 0 Å². The maximum Gasteiger partial charge on any atom is 0.294 e. The van der Waals surface area contributed by atoms with Gasteiger partial charge < -0.3 is 9.64 Å². The van der Waals surface area contributed by atoms with E-state index in [0.29, 0.717) is 32.0 Å². The number of fused-ring (bicyclic) bond motifs is 1. The number of ether oxygens (including phenoxy) is 1. The van der Waals surface area contributed by atoms with Gasteiger partial charge in [0.25, 0.3) is 5.69 Å². The number of allylic oxidation sites excluding steroid dienone is 2. The first-order valence-electron chi connectivity index (χ1n) is 11.3. The molecule has 0 saturated carbocycles. The second-order valence-electron chi connectivity index (χ2n) is 9.15. The lowest BCUT2D eigenvalue weighted by atomic mass is 9.84. The Morgan fingerprint density at radius 1 is 1.09 bits per heavy atom. The Kier molecular flexibility index (Phi) is 5.59. The molecule has 1 atom stereocenters. The maximum atomic E-state index is 11.9. The highest BCUT2D eigenvalue weighted by atomic mass is 31.2. The Hall–Kier alpha value is -3.00. The van der Waals surface area contributed by atoms with Crippen LogP contribution in [0.25, 0.3) is 0 Å². The number of nitrogens with zero attached hydrogens (tertiary/aromatic N) is 6. The number of hydrazone groups is 1. The number of morpholine rings is 1. The lowest BCUT2D eigenvalue weighted by molar-refractivity contribution is -0.384. The summed E-state index contributed by atoms with van der Waals surface area (Å²) in [5, 5.41) is 17.6. The third-order valence-corrected chi connectivity index (χ3v) is 10.5. The number of rotatable bonds is 3. The predicted molar refractivity (Wildman–Crippen MR) is 136 cm³/mol. The van der Waals surface area contributed by atoms with Gasteiger partial charge in [-0.05, 0) is 17.7 Å². The van der Waals surface area contributed by atoms with Crippen LogP contribution in [0.4, 0.5) is 17.1 Å². The van der Waals surface area contributed by atoms with Crippen LogP contribution in [-0.4, -0.2) is 61.0 Å². The second-order valence-corrected chi connectivity index (χ2v) is 12.1. The van der Waals surface area contributed by atoms with Crippen LogP contribution in [0.5, 0.6) is 0 Å². The van der Waals surface area contributed by atoms with Gasteiger partial charge in [0.1, 0.15) is 5.69 Å². The fraction of sp³-hybridized carbons (Fsp3) is 0.375. The summed E-state index contributed by atoms with van der Waals surface area (Å²) in [5.74, 6) is 0. The molecule has 9 nitrogen and oxygen atoms in total. The summed E-state index contributed by atoms with van der Waals surface area (Å²) in [6.07, 6.45) is 1.92. The summed E-state index contributed by atoms with van der Waals surface area (Å²) < 4.78 is 15.2. The van der Waals surface area contributed by atoms with Gasteiger partial charge in [-0.3, -0.25) is 10.1 Å². The highest BCUT2D eigenvalue weighted by Crippen LogP contribution is 2.69. The quantitative estimate of drug-likeness (QED) is 0.343. The van der Waals surface area contributed by atoms with E-state index in [1.165, 1.54) is 11.6 Å². The molecule has 0 spiro atoms. The molecule has 0 N–H and O–H groups in total. The molecule has 2 aromatic carbocycles. The number of benzene rings is 2. The molecule has 0 unspecified atom stereocenters. The molecular formula is C24H29N6O3P. The van der Waals surface area contributed by atoms with Crippen molar-refractivity contribution >= 4 is 30.6 Å². The number of hydrogen-bond acceptors (Lipinski definition) is 6. The van der Waals surface area contributed by atoms with Gasteiger partial charge in [0.2, 0.25) is 0 Å². The second kappa shape index (κ2) is 8.34. The smallest absolute Gasteiger partial charge is 0.294 e. The minimum Gasteiger partial charge on any atom is -0.379 e. The summed E-state index contributed by atoms with van der Waals surface area (Å²) in [6, 6.07) is 15.1. The van der Waals surface area contributed by atoms with E-state index < -0.39 is 7.36 Å². The van der Waals surface area contributed by atoms with Crippen LogP contribution in [0.15, 0.2) is 69.4 Å². The van der Waals surface area contributed by atoms with Gasteiger partial charge in [0, 0.05) is 50.1 Å². The van der Waals surface area contributed by atoms with Crippen molar-refractivity contribution in [1.29, 1.82) is 0 Å². The van der Waals surface area contributed by atoms with Gasteiger partial charge in [-0.1, -0.05) is 44.2 Å². The summed E-state index contributed by atoms with van der Waals surface area (Å²) in [4.78, 5) is 13.7. The zero-order valence-corrected chi connectivity index (χ0v) is 20.8. The highest BCUT2D eigenvalue weighted by Gasteiger charge is 2.48. The van der Waals surface area contributed by atoms with E-state index in [0.717, 1.165) is 16.7 Å². The first-order chi connectivity index (χ1) is 16.3. The van der Waals surface area contributed by atoms with Gasteiger partial charge in [-0.25, -0.2) is 14.2 Å². The molecule has 10 heteroatoms. The largest absolute Gasteiger partial charge is 0.379 e. The third-order valence-electron chi connectivity index (χ3n) is 6.89. The predicted octanol–water partition coefficient (Wildman–Crippen LogP) is 5.16. The molecule has 0 amide bonds. The SMILES string of the molecule is CN1/C(=C2/C=NN(C)[P@]2(=Nc2ccccc2[N+](=O)[O-])N2CCOCC2)C(C)(C)c2ccccc21. The summed E-state index contributed by atoms with van der Waals surface area (Å²) in [5.41, 5.74) is 3.62. The van der Waals surface area contributed by atoms with Crippen molar-refractivity contribution in [2.24, 2.45) is 9.85 Å². The number of likely N-dealkylation sites (N-methyl/N-ethyl adjacent to an activating group) is 1. The molecule has 1 fully saturated rings. The molecule has 0 radical (unpaired) electrons. The molecule has 5 rings (SSSR count). The van der Waals surface area contributed by atoms with Gasteiger partial charge in [0.15, 0.2) is 7.36 Å². The molecule has 1 saturated heterocycles. The summed E-state index contributed by atoms with van der Waals surface area (Å²) in [6.45, 7) is 6.98. The van der Waals surface area contributed by atoms with E-state index in [-0.39, 0.29) is 16.0 Å². The van der Waals surface area contributed by atoms with Crippen LogP contribution in [0.1, 0.15) is 19.4 Å². The lowest BCUT2D eigenvalue weighted by Crippen LogP contribution is -2.37. The lowest BCUT2D eigenvalue weighted by Gasteiger charge is -2.41. The number of para-hydroxylation sites is 2. The summed E-state index contributed by atoms with van der Waals surface area (Å²) >= 11 is 0. The average Bonchev–Trinajstić information content (AvgIpc) is 3.25. The molecule has 34 heavy (non-hydrogen) atoms. The van der Waals surface area contributed by atoms with Crippen LogP contribution < -0.4 is 4.90 Å². The minimum absolute atomic E-state index is 0.00195. The molecule has 178 valence electrons. The Morgan fingerprint density at radius 2 is 1.76 bits per heavy atom. The molecule has 0 bridgehead atoms. The van der Waals surface area contributed by atoms with Crippen LogP contribution >= 0.6 is 7.36 Å². The van der Waals surface area contributed by atoms with E-state index >= 15 is 0 Å². The molecule has 3 heterocycles. The molecule has 2 aromatic rings. The molecular weight excluding hydrogens is 451 g/mol. The van der Waals surface area contributed by atoms with Crippen molar-refractivity contribution in [3.8, 4) is 0 Å². The standard InChI is InChI=1S/C24H29N6O3P/c1-24(2)18-9-5-7-11-20(18)27(3)23(24)22-17-25-28(4)34(22,29-13-15-33-16-14-29)26-19-10-6-8-12-21(19)30(31)32/h5-12,17H,13-16H2,1-4H3/b23-22-/t34-/m0/s1. The average molecular weight is 481 g/mol. The van der Waals surface area contributed by atoms with Crippen molar-refractivity contribution in [1.82, 2.24) is 9.45 Å². The van der Waals surface area contributed by atoms with Crippen LogP contribution in [0, 0.1) is 10.1 Å². The number of anilines is 1. The van der Waals surface area contributed by atoms with E-state index in [9.17, 15) is 10.1 Å². The van der Waals surface area contributed by atoms with Gasteiger partial charge in [-0.15, -0.1) is 0 Å². The summed E-state index contributed by atoms with van der Waals surface area (Å²) in [7, 11) is 1.33. The first kappa shape index (κ1) is 22.8. The van der Waals surface area contributed by atoms with Crippen LogP contribution in [0.3, 0.4) is 0 Å². The Balaban J connectivity index is 1.83. The minimum atomic E-state index is -2.68. The third kappa shape index (κ3) is 3.30. The van der Waals surface area contributed by atoms with E-state index in [2.05, 4.69) is 54.7 Å². The Morgan fingerprint density at radius 3 is 2.47 bits per heavy atom. The van der Waals surface area contributed by atoms with Crippen molar-refractivity contribution in [2.45, 2.75) is 19.3 Å². The van der Waals surface area contributed by atoms with Gasteiger partial charge in [0.05, 0.1) is 29.7 Å². The Labute approximate surface area is 199 Å². The fourth-order valence-corrected chi connectivity index (χ4v) is 8.96. The fourth-order valence-electron chi connectivity index (χ4n) is 5.30. The van der Waals surface area contributed by atoms with Crippen molar-refractivity contribution in [2.75, 3.05) is 45.3 Å². The normalized spacial score (nSPS) is 26.1. The van der Waals surface area contributed by atoms with E-state index in [1.807, 2.05) is 18.0 Å². The zero-order valence-electron chi connectivity index (χ0n) is 19.9. The number of nitro groups is 1. The van der Waals surface area contributed by atoms with Crippen molar-refractivity contribution in [3.63, 3.8) is 0 Å². The van der Waals surface area contributed by atoms with Crippen molar-refractivity contribution in [3.05, 3.63) is 75.2 Å². The van der Waals surface area contributed by atoms with E-state index in [4.69, 9.17) is 14.6 Å². The topological polar surface area (TPSA) is 86.8 Å². The van der Waals surface area contributed by atoms with Gasteiger partial charge in [-0.2, -0.15) is 5.10 Å². The molecule has 3 aliphatic heterocycles. The monoisotopic (exact) mass is 480 g/mol. The molecule has 0 aromatic heterocycles. The zero-order chi connectivity index (χ0) is 24.1. The van der Waals surface area contributed by atoms with Crippen LogP contribution in [0.2, 0.25) is 0 Å². The highest BCUT2D eigenvalue weighted by molar-refractivity contribution is 7.67. The molecule has 0 aliphatic carbocycles.